The van der Waals surface area contributed by atoms with Gasteiger partial charge in [-0.3, -0.25) is 4.79 Å². The molecule has 1 atom stereocenters. The summed E-state index contributed by atoms with van der Waals surface area (Å²) in [4.78, 5) is 15.5. The fourth-order valence-corrected chi connectivity index (χ4v) is 1.15. The second-order valence-electron chi connectivity index (χ2n) is 3.60. The number of nitrogens with one attached hydrogen (secondary N) is 1. The van der Waals surface area contributed by atoms with Crippen LogP contribution in [0.1, 0.15) is 13.8 Å². The molecule has 4 nitrogen and oxygen atoms in total. The third-order valence-electron chi connectivity index (χ3n) is 1.99. The van der Waals surface area contributed by atoms with Gasteiger partial charge in [-0.1, -0.05) is 31.5 Å². The standard InChI is InChI=1S/C10H14ClN3O/c1-6(2)9(12)10(15)14-8-5-3-4-7(11)13-8/h3-6,9H,12H2,1-2H3,(H,13,14,15)/t9-/m1/s1. The van der Waals surface area contributed by atoms with Crippen molar-refractivity contribution in [2.75, 3.05) is 5.32 Å². The average molecular weight is 228 g/mol. The second kappa shape index (κ2) is 5.09. The van der Waals surface area contributed by atoms with Gasteiger partial charge in [0.25, 0.3) is 0 Å². The maximum absolute atomic E-state index is 11.5. The van der Waals surface area contributed by atoms with Gasteiger partial charge >= 0.3 is 0 Å². The molecule has 1 heterocycles. The summed E-state index contributed by atoms with van der Waals surface area (Å²) < 4.78 is 0. The zero-order chi connectivity index (χ0) is 11.4. The van der Waals surface area contributed by atoms with Gasteiger partial charge in [-0.05, 0) is 18.1 Å². The molecule has 5 heteroatoms. The fourth-order valence-electron chi connectivity index (χ4n) is 0.990. The van der Waals surface area contributed by atoms with Crippen LogP contribution in [0.4, 0.5) is 5.82 Å². The highest BCUT2D eigenvalue weighted by Crippen LogP contribution is 2.10. The predicted octanol–water partition coefficient (Wildman–Crippen LogP) is 1.66. The van der Waals surface area contributed by atoms with Crippen LogP contribution in [0.25, 0.3) is 0 Å². The van der Waals surface area contributed by atoms with Crippen LogP contribution >= 0.6 is 11.6 Å². The van der Waals surface area contributed by atoms with Crippen LogP contribution in [0.15, 0.2) is 18.2 Å². The molecule has 0 radical (unpaired) electrons. The first kappa shape index (κ1) is 11.9. The van der Waals surface area contributed by atoms with Crippen LogP contribution in [0.5, 0.6) is 0 Å². The van der Waals surface area contributed by atoms with Crippen LogP contribution in [0, 0.1) is 5.92 Å². The number of aromatic nitrogens is 1. The lowest BCUT2D eigenvalue weighted by atomic mass is 10.1. The van der Waals surface area contributed by atoms with E-state index in [1.54, 1.807) is 18.2 Å². The molecular weight excluding hydrogens is 214 g/mol. The Morgan fingerprint density at radius 2 is 2.20 bits per heavy atom. The monoisotopic (exact) mass is 227 g/mol. The van der Waals surface area contributed by atoms with Crippen molar-refractivity contribution in [1.29, 1.82) is 0 Å². The van der Waals surface area contributed by atoms with Gasteiger partial charge in [0.05, 0.1) is 6.04 Å². The van der Waals surface area contributed by atoms with E-state index in [-0.39, 0.29) is 11.8 Å². The average Bonchev–Trinajstić information content (AvgIpc) is 2.16. The number of carbonyl (C=O) groups excluding carboxylic acids is 1. The SMILES string of the molecule is CC(C)[C@@H](N)C(=O)Nc1cccc(Cl)n1. The molecule has 0 aliphatic heterocycles. The Morgan fingerprint density at radius 3 is 2.73 bits per heavy atom. The zero-order valence-electron chi connectivity index (χ0n) is 8.70. The van der Waals surface area contributed by atoms with Crippen molar-refractivity contribution in [2.24, 2.45) is 11.7 Å². The van der Waals surface area contributed by atoms with Gasteiger partial charge in [0.1, 0.15) is 11.0 Å². The normalized spacial score (nSPS) is 12.6. The molecule has 1 aromatic rings. The number of nitrogens with two attached hydrogens (primary N) is 1. The summed E-state index contributed by atoms with van der Waals surface area (Å²) in [6.45, 7) is 3.77. The summed E-state index contributed by atoms with van der Waals surface area (Å²) in [5.74, 6) is 0.257. The van der Waals surface area contributed by atoms with Gasteiger partial charge < -0.3 is 11.1 Å². The Balaban J connectivity index is 2.66. The van der Waals surface area contributed by atoms with Crippen molar-refractivity contribution < 1.29 is 4.79 Å². The molecule has 0 saturated carbocycles. The molecule has 0 spiro atoms. The number of hydrogen-bond donors (Lipinski definition) is 2. The minimum atomic E-state index is -0.536. The molecule has 82 valence electrons. The third kappa shape index (κ3) is 3.49. The molecule has 0 aliphatic rings. The van der Waals surface area contributed by atoms with Crippen LogP contribution in [0.2, 0.25) is 5.15 Å². The van der Waals surface area contributed by atoms with E-state index in [0.29, 0.717) is 11.0 Å². The number of rotatable bonds is 3. The fraction of sp³-hybridized carbons (Fsp3) is 0.400. The minimum absolute atomic E-state index is 0.0872. The molecule has 1 amide bonds. The van der Waals surface area contributed by atoms with E-state index >= 15 is 0 Å². The van der Waals surface area contributed by atoms with E-state index in [4.69, 9.17) is 17.3 Å². The lowest BCUT2D eigenvalue weighted by Crippen LogP contribution is -2.39. The van der Waals surface area contributed by atoms with Crippen LogP contribution in [-0.4, -0.2) is 16.9 Å². The predicted molar refractivity (Wildman–Crippen MR) is 60.7 cm³/mol. The van der Waals surface area contributed by atoms with E-state index in [9.17, 15) is 4.79 Å². The maximum atomic E-state index is 11.5. The molecule has 0 aliphatic carbocycles. The molecule has 15 heavy (non-hydrogen) atoms. The highest BCUT2D eigenvalue weighted by Gasteiger charge is 2.17. The van der Waals surface area contributed by atoms with Crippen LogP contribution in [0.3, 0.4) is 0 Å². The summed E-state index contributed by atoms with van der Waals surface area (Å²) in [6, 6.07) is 4.48. The third-order valence-corrected chi connectivity index (χ3v) is 2.20. The van der Waals surface area contributed by atoms with Gasteiger partial charge in [-0.25, -0.2) is 4.98 Å². The van der Waals surface area contributed by atoms with Gasteiger partial charge in [-0.2, -0.15) is 0 Å². The zero-order valence-corrected chi connectivity index (χ0v) is 9.45. The highest BCUT2D eigenvalue weighted by atomic mass is 35.5. The Kier molecular flexibility index (Phi) is 4.05. The molecule has 0 aromatic carbocycles. The van der Waals surface area contributed by atoms with E-state index < -0.39 is 6.04 Å². The number of amides is 1. The van der Waals surface area contributed by atoms with Gasteiger partial charge in [0, 0.05) is 0 Å². The van der Waals surface area contributed by atoms with E-state index in [1.807, 2.05) is 13.8 Å². The molecule has 0 fully saturated rings. The maximum Gasteiger partial charge on any atom is 0.242 e. The Bertz CT molecular complexity index is 354. The topological polar surface area (TPSA) is 68.0 Å². The number of anilines is 1. The molecular formula is C10H14ClN3O. The number of hydrogen-bond acceptors (Lipinski definition) is 3. The smallest absolute Gasteiger partial charge is 0.242 e. The molecule has 0 unspecified atom stereocenters. The summed E-state index contributed by atoms with van der Waals surface area (Å²) in [5, 5.41) is 2.94. The van der Waals surface area contributed by atoms with E-state index in [0.717, 1.165) is 0 Å². The quantitative estimate of drug-likeness (QED) is 0.772. The van der Waals surface area contributed by atoms with Crippen molar-refractivity contribution in [3.8, 4) is 0 Å². The van der Waals surface area contributed by atoms with E-state index in [2.05, 4.69) is 10.3 Å². The van der Waals surface area contributed by atoms with Crippen LogP contribution in [-0.2, 0) is 4.79 Å². The second-order valence-corrected chi connectivity index (χ2v) is 3.99. The van der Waals surface area contributed by atoms with Crippen molar-refractivity contribution >= 4 is 23.3 Å². The van der Waals surface area contributed by atoms with E-state index in [1.165, 1.54) is 0 Å². The first-order chi connectivity index (χ1) is 7.00. The first-order valence-corrected chi connectivity index (χ1v) is 5.07. The summed E-state index contributed by atoms with van der Waals surface area (Å²) >= 11 is 5.68. The number of halogens is 1. The van der Waals surface area contributed by atoms with Gasteiger partial charge in [-0.15, -0.1) is 0 Å². The summed E-state index contributed by atoms with van der Waals surface area (Å²) in [6.07, 6.45) is 0. The molecule has 0 bridgehead atoms. The van der Waals surface area contributed by atoms with Crippen molar-refractivity contribution in [3.63, 3.8) is 0 Å². The summed E-state index contributed by atoms with van der Waals surface area (Å²) in [7, 11) is 0. The van der Waals surface area contributed by atoms with Crippen molar-refractivity contribution in [2.45, 2.75) is 19.9 Å². The molecule has 1 rings (SSSR count). The number of carbonyl (C=O) groups is 1. The lowest BCUT2D eigenvalue weighted by molar-refractivity contribution is -0.118. The Hall–Kier alpha value is -1.13. The van der Waals surface area contributed by atoms with Crippen molar-refractivity contribution in [1.82, 2.24) is 4.98 Å². The van der Waals surface area contributed by atoms with Gasteiger partial charge in [0.2, 0.25) is 5.91 Å². The molecule has 1 aromatic heterocycles. The minimum Gasteiger partial charge on any atom is -0.320 e. The Morgan fingerprint density at radius 1 is 1.53 bits per heavy atom. The lowest BCUT2D eigenvalue weighted by Gasteiger charge is -2.14. The van der Waals surface area contributed by atoms with Gasteiger partial charge in [0.15, 0.2) is 0 Å². The number of nitrogens with zero attached hydrogens (tertiary/aromatic N) is 1. The summed E-state index contributed by atoms with van der Waals surface area (Å²) in [5.41, 5.74) is 5.67. The van der Waals surface area contributed by atoms with Crippen LogP contribution < -0.4 is 11.1 Å². The molecule has 3 N–H and O–H groups in total. The Labute approximate surface area is 93.8 Å². The van der Waals surface area contributed by atoms with Crippen molar-refractivity contribution in [3.05, 3.63) is 23.4 Å². The highest BCUT2D eigenvalue weighted by molar-refractivity contribution is 6.29. The molecule has 0 saturated heterocycles. The largest absolute Gasteiger partial charge is 0.320 e. The number of pyridine rings is 1. The first-order valence-electron chi connectivity index (χ1n) is 4.69.